The Kier molecular flexibility index (Phi) is 4.72. The molecule has 0 spiro atoms. The van der Waals surface area contributed by atoms with Crippen LogP contribution in [-0.4, -0.2) is 22.1 Å². The smallest absolute Gasteiger partial charge is 0.131 e. The Hall–Kier alpha value is -3.25. The minimum atomic E-state index is -0.749. The summed E-state index contributed by atoms with van der Waals surface area (Å²) < 4.78 is 14.2. The van der Waals surface area contributed by atoms with Gasteiger partial charge < -0.3 is 15.8 Å². The Morgan fingerprint density at radius 3 is 2.60 bits per heavy atom. The van der Waals surface area contributed by atoms with Crippen LogP contribution in [0.1, 0.15) is 28.4 Å². The summed E-state index contributed by atoms with van der Waals surface area (Å²) in [6.45, 7) is 0. The van der Waals surface area contributed by atoms with Gasteiger partial charge in [-0.3, -0.25) is 5.41 Å². The predicted octanol–water partition coefficient (Wildman–Crippen LogP) is 3.35. The highest BCUT2D eigenvalue weighted by molar-refractivity contribution is 6.15. The Bertz CT molecular complexity index is 918. The minimum Gasteiger partial charge on any atom is -0.508 e. The fourth-order valence-electron chi connectivity index (χ4n) is 2.73. The highest BCUT2D eigenvalue weighted by Gasteiger charge is 2.21. The summed E-state index contributed by atoms with van der Waals surface area (Å²) in [6.07, 6.45) is 2.66. The van der Waals surface area contributed by atoms with Crippen LogP contribution >= 0.6 is 0 Å². The summed E-state index contributed by atoms with van der Waals surface area (Å²) in [4.78, 5) is 7.23. The normalized spacial score (nSPS) is 12.8. The summed E-state index contributed by atoms with van der Waals surface area (Å²) in [6, 6.07) is 14.3. The van der Waals surface area contributed by atoms with Crippen molar-refractivity contribution in [3.05, 3.63) is 89.0 Å². The number of aromatic hydroxyl groups is 1. The molecular weight excluding hydrogens is 319 g/mol. The summed E-state index contributed by atoms with van der Waals surface area (Å²) in [5, 5.41) is 16.7. The molecule has 0 bridgehead atoms. The number of hydrogen-bond donors (Lipinski definition) is 4. The molecule has 1 atom stereocenters. The Labute approximate surface area is 144 Å². The zero-order valence-electron chi connectivity index (χ0n) is 13.3. The van der Waals surface area contributed by atoms with E-state index in [0.29, 0.717) is 17.0 Å². The largest absolute Gasteiger partial charge is 0.508 e. The third kappa shape index (κ3) is 3.34. The number of benzene rings is 2. The molecule has 0 radical (unpaired) electrons. The number of aromatic nitrogens is 1. The van der Waals surface area contributed by atoms with E-state index < -0.39 is 11.9 Å². The van der Waals surface area contributed by atoms with Crippen molar-refractivity contribution in [3.63, 3.8) is 0 Å². The Balaban J connectivity index is 2.07. The second-order valence-corrected chi connectivity index (χ2v) is 5.46. The lowest BCUT2D eigenvalue weighted by Crippen LogP contribution is -2.17. The van der Waals surface area contributed by atoms with Gasteiger partial charge in [0.2, 0.25) is 0 Å². The summed E-state index contributed by atoms with van der Waals surface area (Å²) >= 11 is 0. The molecule has 5 N–H and O–H groups in total. The minimum absolute atomic E-state index is 0.155. The van der Waals surface area contributed by atoms with Gasteiger partial charge >= 0.3 is 0 Å². The van der Waals surface area contributed by atoms with Crippen LogP contribution in [0.5, 0.6) is 5.75 Å². The second kappa shape index (κ2) is 7.11. The lowest BCUT2D eigenvalue weighted by atomic mass is 9.95. The molecule has 3 aromatic rings. The topological polar surface area (TPSA) is 98.2 Å². The van der Waals surface area contributed by atoms with Gasteiger partial charge in [-0.1, -0.05) is 36.4 Å². The molecule has 0 aliphatic carbocycles. The summed E-state index contributed by atoms with van der Waals surface area (Å²) in [5.74, 6) is -0.733. The van der Waals surface area contributed by atoms with Gasteiger partial charge in [-0.2, -0.15) is 0 Å². The molecule has 1 aromatic heterocycles. The maximum absolute atomic E-state index is 14.2. The fraction of sp³-hybridized carbons (Fsp3) is 0.0526. The van der Waals surface area contributed by atoms with Crippen LogP contribution in [0.2, 0.25) is 0 Å². The summed E-state index contributed by atoms with van der Waals surface area (Å²) in [7, 11) is 0. The monoisotopic (exact) mass is 336 g/mol. The van der Waals surface area contributed by atoms with Crippen molar-refractivity contribution in [2.45, 2.75) is 6.04 Å². The molecule has 6 heteroatoms. The molecule has 3 rings (SSSR count). The molecule has 1 heterocycles. The van der Waals surface area contributed by atoms with Crippen LogP contribution in [0.25, 0.3) is 0 Å². The van der Waals surface area contributed by atoms with Gasteiger partial charge in [0.05, 0.1) is 17.4 Å². The number of phenols is 1. The van der Waals surface area contributed by atoms with Crippen molar-refractivity contribution >= 4 is 12.1 Å². The number of hydrogen-bond acceptors (Lipinski definition) is 3. The van der Waals surface area contributed by atoms with Crippen LogP contribution in [-0.2, 0) is 0 Å². The number of nitrogens with two attached hydrogens (primary N) is 1. The molecule has 0 aliphatic heterocycles. The number of aromatic amines is 1. The van der Waals surface area contributed by atoms with Crippen LogP contribution < -0.4 is 5.73 Å². The molecule has 0 aliphatic rings. The zero-order valence-corrected chi connectivity index (χ0v) is 13.3. The van der Waals surface area contributed by atoms with E-state index in [0.717, 1.165) is 18.0 Å². The van der Waals surface area contributed by atoms with E-state index >= 15 is 0 Å². The molecular formula is C19H17FN4O. The van der Waals surface area contributed by atoms with E-state index in [9.17, 15) is 9.50 Å². The third-order valence-electron chi connectivity index (χ3n) is 3.91. The van der Waals surface area contributed by atoms with E-state index in [1.54, 1.807) is 12.3 Å². The standard InChI is InChI=1S/C19H17FN4O/c20-16-10-13(25)6-7-14(16)17(22)15-8-9-23-19(15)18(24-11-21)12-4-2-1-3-5-12/h1-11,17,21,23,25H,22H2. The third-order valence-corrected chi connectivity index (χ3v) is 3.91. The van der Waals surface area contributed by atoms with Crippen molar-refractivity contribution in [3.8, 4) is 5.75 Å². The highest BCUT2D eigenvalue weighted by atomic mass is 19.1. The van der Waals surface area contributed by atoms with Gasteiger partial charge in [0, 0.05) is 29.0 Å². The molecule has 0 amide bonds. The first kappa shape index (κ1) is 16.6. The molecule has 25 heavy (non-hydrogen) atoms. The average Bonchev–Trinajstić information content (AvgIpc) is 3.09. The maximum atomic E-state index is 14.2. The molecule has 126 valence electrons. The quantitative estimate of drug-likeness (QED) is 0.424. The average molecular weight is 336 g/mol. The first-order valence-corrected chi connectivity index (χ1v) is 7.65. The van der Waals surface area contributed by atoms with Gasteiger partial charge in [0.25, 0.3) is 0 Å². The number of nitrogens with one attached hydrogen (secondary N) is 2. The zero-order chi connectivity index (χ0) is 17.8. The predicted molar refractivity (Wildman–Crippen MR) is 95.8 cm³/mol. The Morgan fingerprint density at radius 2 is 1.92 bits per heavy atom. The molecule has 5 nitrogen and oxygen atoms in total. The number of phenolic OH excluding ortho intramolecular Hbond substituents is 1. The van der Waals surface area contributed by atoms with Gasteiger partial charge in [0.1, 0.15) is 17.9 Å². The molecule has 0 saturated heterocycles. The van der Waals surface area contributed by atoms with E-state index in [2.05, 4.69) is 9.98 Å². The molecule has 0 saturated carbocycles. The van der Waals surface area contributed by atoms with Crippen LogP contribution in [0.4, 0.5) is 4.39 Å². The van der Waals surface area contributed by atoms with Crippen molar-refractivity contribution < 1.29 is 9.50 Å². The van der Waals surface area contributed by atoms with Crippen molar-refractivity contribution in [1.82, 2.24) is 4.98 Å². The van der Waals surface area contributed by atoms with Gasteiger partial charge in [-0.25, -0.2) is 9.38 Å². The molecule has 0 fully saturated rings. The number of nitrogens with zero attached hydrogens (tertiary/aromatic N) is 1. The van der Waals surface area contributed by atoms with Crippen LogP contribution in [0, 0.1) is 11.2 Å². The maximum Gasteiger partial charge on any atom is 0.131 e. The Morgan fingerprint density at radius 1 is 1.16 bits per heavy atom. The summed E-state index contributed by atoms with van der Waals surface area (Å²) in [5.41, 5.74) is 9.16. The van der Waals surface area contributed by atoms with Crippen LogP contribution in [0.15, 0.2) is 65.8 Å². The van der Waals surface area contributed by atoms with Gasteiger partial charge in [0.15, 0.2) is 0 Å². The van der Waals surface area contributed by atoms with Gasteiger partial charge in [-0.15, -0.1) is 0 Å². The number of H-pyrrole nitrogens is 1. The SMILES string of the molecule is N=CN=C(c1ccccc1)c1[nH]ccc1C(N)c1ccc(O)cc1F. The highest BCUT2D eigenvalue weighted by Crippen LogP contribution is 2.28. The van der Waals surface area contributed by atoms with Gasteiger partial charge in [-0.05, 0) is 12.1 Å². The molecule has 2 aromatic carbocycles. The number of halogens is 1. The van der Waals surface area contributed by atoms with Crippen LogP contribution in [0.3, 0.4) is 0 Å². The van der Waals surface area contributed by atoms with Crippen molar-refractivity contribution in [2.75, 3.05) is 0 Å². The second-order valence-electron chi connectivity index (χ2n) is 5.46. The first-order chi connectivity index (χ1) is 12.1. The van der Waals surface area contributed by atoms with Crippen molar-refractivity contribution in [1.29, 1.82) is 5.41 Å². The molecule has 1 unspecified atom stereocenters. The van der Waals surface area contributed by atoms with Crippen molar-refractivity contribution in [2.24, 2.45) is 10.7 Å². The lowest BCUT2D eigenvalue weighted by molar-refractivity contribution is 0.467. The lowest BCUT2D eigenvalue weighted by Gasteiger charge is -2.15. The fourth-order valence-corrected chi connectivity index (χ4v) is 2.73. The first-order valence-electron chi connectivity index (χ1n) is 7.65. The van der Waals surface area contributed by atoms with E-state index in [1.807, 2.05) is 30.3 Å². The number of rotatable bonds is 5. The van der Waals surface area contributed by atoms with E-state index in [-0.39, 0.29) is 11.3 Å². The van der Waals surface area contributed by atoms with E-state index in [1.165, 1.54) is 12.1 Å². The number of aliphatic imine (C=N–C) groups is 1. The van der Waals surface area contributed by atoms with E-state index in [4.69, 9.17) is 11.1 Å².